The summed E-state index contributed by atoms with van der Waals surface area (Å²) in [6, 6.07) is 1.83. The fourth-order valence-corrected chi connectivity index (χ4v) is 4.30. The smallest absolute Gasteiger partial charge is 0.246 e. The SMILES string of the molecule is CC1CCCCN1S(=O)(=O)c1cc(CN)cc(F)c1F. The molecule has 2 rings (SSSR count). The number of piperidine rings is 1. The van der Waals surface area contributed by atoms with Crippen LogP contribution in [-0.4, -0.2) is 25.3 Å². The first-order chi connectivity index (χ1) is 9.37. The number of nitrogens with zero attached hydrogens (tertiary/aromatic N) is 1. The quantitative estimate of drug-likeness (QED) is 0.929. The Labute approximate surface area is 117 Å². The normalized spacial score (nSPS) is 21.1. The van der Waals surface area contributed by atoms with Gasteiger partial charge < -0.3 is 5.73 Å². The Kier molecular flexibility index (Phi) is 4.41. The maximum Gasteiger partial charge on any atom is 0.246 e. The molecule has 1 saturated heterocycles. The van der Waals surface area contributed by atoms with Crippen LogP contribution < -0.4 is 5.73 Å². The van der Waals surface area contributed by atoms with E-state index in [0.29, 0.717) is 6.54 Å². The average Bonchev–Trinajstić information content (AvgIpc) is 2.41. The van der Waals surface area contributed by atoms with Crippen molar-refractivity contribution in [3.63, 3.8) is 0 Å². The van der Waals surface area contributed by atoms with Gasteiger partial charge in [-0.05, 0) is 37.5 Å². The fourth-order valence-electron chi connectivity index (χ4n) is 2.48. The minimum absolute atomic E-state index is 0.0464. The van der Waals surface area contributed by atoms with E-state index < -0.39 is 26.6 Å². The first-order valence-corrected chi connectivity index (χ1v) is 8.01. The molecule has 1 aliphatic rings. The molecule has 1 aromatic rings. The molecular formula is C13H18F2N2O2S. The molecule has 1 unspecified atom stereocenters. The second-order valence-electron chi connectivity index (χ2n) is 5.05. The Hall–Kier alpha value is -1.05. The van der Waals surface area contributed by atoms with Crippen molar-refractivity contribution in [1.82, 2.24) is 4.31 Å². The molecule has 1 aliphatic heterocycles. The molecule has 2 N–H and O–H groups in total. The second-order valence-corrected chi connectivity index (χ2v) is 6.91. The van der Waals surface area contributed by atoms with Crippen molar-refractivity contribution in [1.29, 1.82) is 0 Å². The Morgan fingerprint density at radius 1 is 1.35 bits per heavy atom. The molecule has 1 aromatic carbocycles. The average molecular weight is 304 g/mol. The monoisotopic (exact) mass is 304 g/mol. The van der Waals surface area contributed by atoms with Crippen molar-refractivity contribution in [2.24, 2.45) is 5.73 Å². The number of rotatable bonds is 3. The van der Waals surface area contributed by atoms with Crippen molar-refractivity contribution < 1.29 is 17.2 Å². The molecule has 0 aromatic heterocycles. The number of sulfonamides is 1. The van der Waals surface area contributed by atoms with E-state index in [2.05, 4.69) is 0 Å². The largest absolute Gasteiger partial charge is 0.326 e. The van der Waals surface area contributed by atoms with E-state index in [0.717, 1.165) is 31.4 Å². The van der Waals surface area contributed by atoms with Crippen LogP contribution in [-0.2, 0) is 16.6 Å². The number of nitrogens with two attached hydrogens (primary N) is 1. The molecule has 0 bridgehead atoms. The highest BCUT2D eigenvalue weighted by molar-refractivity contribution is 7.89. The molecule has 1 heterocycles. The lowest BCUT2D eigenvalue weighted by Gasteiger charge is -2.32. The van der Waals surface area contributed by atoms with Gasteiger partial charge in [0.2, 0.25) is 10.0 Å². The summed E-state index contributed by atoms with van der Waals surface area (Å²) in [5.41, 5.74) is 5.65. The third-order valence-electron chi connectivity index (χ3n) is 3.62. The van der Waals surface area contributed by atoms with Crippen LogP contribution in [0.2, 0.25) is 0 Å². The zero-order valence-corrected chi connectivity index (χ0v) is 12.1. The van der Waals surface area contributed by atoms with Crippen LogP contribution in [0, 0.1) is 11.6 Å². The molecule has 20 heavy (non-hydrogen) atoms. The minimum Gasteiger partial charge on any atom is -0.326 e. The van der Waals surface area contributed by atoms with Crippen LogP contribution in [0.1, 0.15) is 31.7 Å². The molecule has 0 radical (unpaired) electrons. The van der Waals surface area contributed by atoms with Crippen molar-refractivity contribution in [2.45, 2.75) is 43.7 Å². The van der Waals surface area contributed by atoms with Crippen LogP contribution in [0.25, 0.3) is 0 Å². The van der Waals surface area contributed by atoms with Crippen LogP contribution in [0.15, 0.2) is 17.0 Å². The molecule has 0 saturated carbocycles. The highest BCUT2D eigenvalue weighted by Gasteiger charge is 2.34. The van der Waals surface area contributed by atoms with E-state index in [9.17, 15) is 17.2 Å². The second kappa shape index (κ2) is 5.75. The molecule has 0 aliphatic carbocycles. The summed E-state index contributed by atoms with van der Waals surface area (Å²) in [6.07, 6.45) is 2.39. The molecule has 0 amide bonds. The Bertz CT molecular complexity index is 605. The zero-order chi connectivity index (χ0) is 14.9. The topological polar surface area (TPSA) is 63.4 Å². The van der Waals surface area contributed by atoms with Gasteiger partial charge in [-0.3, -0.25) is 0 Å². The van der Waals surface area contributed by atoms with Gasteiger partial charge in [-0.15, -0.1) is 0 Å². The van der Waals surface area contributed by atoms with E-state index in [-0.39, 0.29) is 18.2 Å². The van der Waals surface area contributed by atoms with Gasteiger partial charge in [0.25, 0.3) is 0 Å². The summed E-state index contributed by atoms with van der Waals surface area (Å²) >= 11 is 0. The summed E-state index contributed by atoms with van der Waals surface area (Å²) in [5, 5.41) is 0. The Balaban J connectivity index is 2.51. The van der Waals surface area contributed by atoms with Crippen molar-refractivity contribution in [2.75, 3.05) is 6.54 Å². The lowest BCUT2D eigenvalue weighted by atomic mass is 10.1. The van der Waals surface area contributed by atoms with Gasteiger partial charge in [-0.2, -0.15) is 4.31 Å². The van der Waals surface area contributed by atoms with E-state index in [4.69, 9.17) is 5.73 Å². The molecule has 7 heteroatoms. The maximum absolute atomic E-state index is 13.9. The van der Waals surface area contributed by atoms with Crippen LogP contribution in [0.3, 0.4) is 0 Å². The molecule has 0 spiro atoms. The van der Waals surface area contributed by atoms with E-state index in [1.54, 1.807) is 6.92 Å². The molecule has 112 valence electrons. The maximum atomic E-state index is 13.9. The summed E-state index contributed by atoms with van der Waals surface area (Å²) in [6.45, 7) is 2.06. The Morgan fingerprint density at radius 3 is 2.65 bits per heavy atom. The lowest BCUT2D eigenvalue weighted by Crippen LogP contribution is -2.42. The van der Waals surface area contributed by atoms with Gasteiger partial charge >= 0.3 is 0 Å². The van der Waals surface area contributed by atoms with Gasteiger partial charge in [-0.1, -0.05) is 6.42 Å². The van der Waals surface area contributed by atoms with Crippen LogP contribution >= 0.6 is 0 Å². The van der Waals surface area contributed by atoms with E-state index in [1.165, 1.54) is 4.31 Å². The fraction of sp³-hybridized carbons (Fsp3) is 0.538. The predicted octanol–water partition coefficient (Wildman–Crippen LogP) is 1.99. The van der Waals surface area contributed by atoms with Crippen molar-refractivity contribution >= 4 is 10.0 Å². The van der Waals surface area contributed by atoms with Gasteiger partial charge in [0.15, 0.2) is 11.6 Å². The third kappa shape index (κ3) is 2.70. The standard InChI is InChI=1S/C13H18F2N2O2S/c1-9-4-2-3-5-17(9)20(18,19)12-7-10(8-16)6-11(14)13(12)15/h6-7,9H,2-5,8,16H2,1H3. The van der Waals surface area contributed by atoms with E-state index >= 15 is 0 Å². The van der Waals surface area contributed by atoms with Gasteiger partial charge in [0.05, 0.1) is 0 Å². The first-order valence-electron chi connectivity index (χ1n) is 6.57. The van der Waals surface area contributed by atoms with Crippen molar-refractivity contribution in [3.8, 4) is 0 Å². The van der Waals surface area contributed by atoms with Crippen molar-refractivity contribution in [3.05, 3.63) is 29.3 Å². The van der Waals surface area contributed by atoms with Crippen LogP contribution in [0.4, 0.5) is 8.78 Å². The number of benzene rings is 1. The van der Waals surface area contributed by atoms with Crippen LogP contribution in [0.5, 0.6) is 0 Å². The highest BCUT2D eigenvalue weighted by atomic mass is 32.2. The minimum atomic E-state index is -4.03. The third-order valence-corrected chi connectivity index (χ3v) is 5.63. The molecule has 1 atom stereocenters. The summed E-state index contributed by atoms with van der Waals surface area (Å²) in [4.78, 5) is -0.619. The number of hydrogen-bond donors (Lipinski definition) is 1. The first kappa shape index (κ1) is 15.3. The Morgan fingerprint density at radius 2 is 2.05 bits per heavy atom. The molecule has 4 nitrogen and oxygen atoms in total. The number of hydrogen-bond acceptors (Lipinski definition) is 3. The zero-order valence-electron chi connectivity index (χ0n) is 11.3. The summed E-state index contributed by atoms with van der Waals surface area (Å²) < 4.78 is 53.7. The van der Waals surface area contributed by atoms with Gasteiger partial charge in [-0.25, -0.2) is 17.2 Å². The molecular weight excluding hydrogens is 286 g/mol. The van der Waals surface area contributed by atoms with E-state index in [1.807, 2.05) is 0 Å². The summed E-state index contributed by atoms with van der Waals surface area (Å²) in [7, 11) is -4.03. The highest BCUT2D eigenvalue weighted by Crippen LogP contribution is 2.28. The lowest BCUT2D eigenvalue weighted by molar-refractivity contribution is 0.267. The predicted molar refractivity (Wildman–Crippen MR) is 71.5 cm³/mol. The number of halogens is 2. The summed E-state index contributed by atoms with van der Waals surface area (Å²) in [5.74, 6) is -2.52. The van der Waals surface area contributed by atoms with Gasteiger partial charge in [0.1, 0.15) is 4.90 Å². The van der Waals surface area contributed by atoms with Gasteiger partial charge in [0, 0.05) is 19.1 Å². The molecule has 1 fully saturated rings.